The molecule has 0 aliphatic heterocycles. The van der Waals surface area contributed by atoms with Crippen LogP contribution in [-0.4, -0.2) is 9.97 Å². The van der Waals surface area contributed by atoms with Crippen LogP contribution in [0.5, 0.6) is 0 Å². The minimum atomic E-state index is -0.0813. The van der Waals surface area contributed by atoms with Gasteiger partial charge in [0.1, 0.15) is 10.5 Å². The van der Waals surface area contributed by atoms with Crippen LogP contribution in [0.4, 0.5) is 0 Å². The minimum absolute atomic E-state index is 0.0813. The Bertz CT molecular complexity index is 827. The Balaban J connectivity index is 1.75. The molecule has 0 bridgehead atoms. The summed E-state index contributed by atoms with van der Waals surface area (Å²) in [6.45, 7) is 2.54. The molecule has 0 aliphatic carbocycles. The van der Waals surface area contributed by atoms with Gasteiger partial charge in [-0.15, -0.1) is 11.3 Å². The van der Waals surface area contributed by atoms with Crippen molar-refractivity contribution in [3.8, 4) is 0 Å². The molecule has 0 saturated heterocycles. The minimum Gasteiger partial charge on any atom is -0.308 e. The summed E-state index contributed by atoms with van der Waals surface area (Å²) in [6.07, 6.45) is 0. The van der Waals surface area contributed by atoms with Crippen LogP contribution in [0.15, 0.2) is 40.5 Å². The lowest BCUT2D eigenvalue weighted by molar-refractivity contribution is 0.559. The molecule has 3 aromatic rings. The topological polar surface area (TPSA) is 57.8 Å². The average molecular weight is 320 g/mol. The molecule has 0 saturated carbocycles. The van der Waals surface area contributed by atoms with E-state index in [4.69, 9.17) is 11.6 Å². The number of hydrogen-bond acceptors (Lipinski definition) is 4. The van der Waals surface area contributed by atoms with Gasteiger partial charge in [-0.2, -0.15) is 0 Å². The molecule has 21 heavy (non-hydrogen) atoms. The first-order valence-electron chi connectivity index (χ1n) is 6.59. The molecule has 6 heteroatoms. The highest BCUT2D eigenvalue weighted by molar-refractivity contribution is 7.17. The third-order valence-corrected chi connectivity index (χ3v) is 4.43. The molecule has 0 amide bonds. The van der Waals surface area contributed by atoms with Crippen molar-refractivity contribution in [3.63, 3.8) is 0 Å². The Hall–Kier alpha value is -1.69. The van der Waals surface area contributed by atoms with Gasteiger partial charge in [-0.3, -0.25) is 4.79 Å². The van der Waals surface area contributed by atoms with E-state index in [-0.39, 0.29) is 11.6 Å². The van der Waals surface area contributed by atoms with Crippen molar-refractivity contribution in [2.45, 2.75) is 19.5 Å². The number of fused-ring (bicyclic) bond motifs is 1. The Morgan fingerprint density at radius 3 is 3.10 bits per heavy atom. The third kappa shape index (κ3) is 3.15. The number of halogens is 1. The van der Waals surface area contributed by atoms with E-state index in [1.807, 2.05) is 42.6 Å². The fourth-order valence-corrected chi connectivity index (χ4v) is 3.07. The van der Waals surface area contributed by atoms with Gasteiger partial charge in [-0.25, -0.2) is 4.98 Å². The highest BCUT2D eigenvalue weighted by Gasteiger charge is 2.08. The van der Waals surface area contributed by atoms with E-state index in [2.05, 4.69) is 15.3 Å². The largest absolute Gasteiger partial charge is 0.308 e. The molecule has 0 aliphatic rings. The van der Waals surface area contributed by atoms with Crippen molar-refractivity contribution in [1.29, 1.82) is 0 Å². The lowest BCUT2D eigenvalue weighted by atomic mass is 10.1. The summed E-state index contributed by atoms with van der Waals surface area (Å²) in [7, 11) is 0. The Labute approximate surface area is 130 Å². The molecule has 0 spiro atoms. The third-order valence-electron chi connectivity index (χ3n) is 3.29. The molecular formula is C15H14ClN3OS. The van der Waals surface area contributed by atoms with Crippen molar-refractivity contribution >= 4 is 33.2 Å². The number of hydrogen-bond donors (Lipinski definition) is 2. The van der Waals surface area contributed by atoms with Gasteiger partial charge in [-0.1, -0.05) is 23.7 Å². The monoisotopic (exact) mass is 319 g/mol. The van der Waals surface area contributed by atoms with Crippen LogP contribution in [0.1, 0.15) is 24.4 Å². The van der Waals surface area contributed by atoms with Gasteiger partial charge >= 0.3 is 0 Å². The fourth-order valence-electron chi connectivity index (χ4n) is 2.15. The average Bonchev–Trinajstić information content (AvgIpc) is 2.93. The molecule has 0 unspecified atom stereocenters. The predicted octanol–water partition coefficient (Wildman–Crippen LogP) is 3.49. The van der Waals surface area contributed by atoms with Crippen LogP contribution >= 0.6 is 22.9 Å². The van der Waals surface area contributed by atoms with Gasteiger partial charge in [0.2, 0.25) is 0 Å². The normalized spacial score (nSPS) is 12.7. The Kier molecular flexibility index (Phi) is 4.05. The first kappa shape index (κ1) is 14.3. The number of nitrogens with one attached hydrogen (secondary N) is 2. The number of rotatable bonds is 4. The first-order chi connectivity index (χ1) is 10.1. The van der Waals surface area contributed by atoms with Crippen LogP contribution < -0.4 is 10.9 Å². The van der Waals surface area contributed by atoms with Crippen molar-refractivity contribution < 1.29 is 0 Å². The molecule has 0 radical (unpaired) electrons. The molecule has 3 rings (SSSR count). The van der Waals surface area contributed by atoms with E-state index >= 15 is 0 Å². The van der Waals surface area contributed by atoms with E-state index in [1.165, 1.54) is 11.3 Å². The number of benzene rings is 1. The second-order valence-electron chi connectivity index (χ2n) is 4.81. The predicted molar refractivity (Wildman–Crippen MR) is 86.9 cm³/mol. The standard InChI is InChI=1S/C15H14ClN3OS/c1-9(10-3-2-4-11(16)7-10)17-8-13-18-12-5-6-21-14(12)15(20)19-13/h2-7,9,17H,8H2,1H3,(H,18,19,20)/t9-/m1/s1. The van der Waals surface area contributed by atoms with Gasteiger partial charge in [0.25, 0.3) is 5.56 Å². The van der Waals surface area contributed by atoms with Crippen molar-refractivity contribution in [3.05, 3.63) is 62.5 Å². The molecule has 1 atom stereocenters. The highest BCUT2D eigenvalue weighted by Crippen LogP contribution is 2.18. The molecule has 2 heterocycles. The van der Waals surface area contributed by atoms with Gasteiger partial charge in [0, 0.05) is 11.1 Å². The van der Waals surface area contributed by atoms with E-state index in [1.54, 1.807) is 0 Å². The molecule has 0 fully saturated rings. The van der Waals surface area contributed by atoms with E-state index in [9.17, 15) is 4.79 Å². The molecule has 1 aromatic carbocycles. The summed E-state index contributed by atoms with van der Waals surface area (Å²) in [5.74, 6) is 0.639. The molecule has 4 nitrogen and oxygen atoms in total. The number of aromatic amines is 1. The highest BCUT2D eigenvalue weighted by atomic mass is 35.5. The maximum Gasteiger partial charge on any atom is 0.268 e. The second kappa shape index (κ2) is 5.97. The zero-order valence-electron chi connectivity index (χ0n) is 11.4. The summed E-state index contributed by atoms with van der Waals surface area (Å²) >= 11 is 7.40. The maximum atomic E-state index is 11.9. The van der Waals surface area contributed by atoms with Crippen LogP contribution in [0, 0.1) is 0 Å². The molecule has 2 N–H and O–H groups in total. The summed E-state index contributed by atoms with van der Waals surface area (Å²) < 4.78 is 0.668. The smallest absolute Gasteiger partial charge is 0.268 e. The molecule has 108 valence electrons. The second-order valence-corrected chi connectivity index (χ2v) is 6.16. The summed E-state index contributed by atoms with van der Waals surface area (Å²) in [5, 5.41) is 5.93. The zero-order valence-corrected chi connectivity index (χ0v) is 13.0. The maximum absolute atomic E-state index is 11.9. The number of aromatic nitrogens is 2. The van der Waals surface area contributed by atoms with E-state index in [0.717, 1.165) is 11.1 Å². The van der Waals surface area contributed by atoms with Crippen molar-refractivity contribution in [1.82, 2.24) is 15.3 Å². The van der Waals surface area contributed by atoms with Crippen molar-refractivity contribution in [2.75, 3.05) is 0 Å². The van der Waals surface area contributed by atoms with Crippen LogP contribution in [0.25, 0.3) is 10.2 Å². The van der Waals surface area contributed by atoms with Gasteiger partial charge in [0.05, 0.1) is 12.1 Å². The van der Waals surface area contributed by atoms with Crippen molar-refractivity contribution in [2.24, 2.45) is 0 Å². The van der Waals surface area contributed by atoms with Gasteiger partial charge < -0.3 is 10.3 Å². The quantitative estimate of drug-likeness (QED) is 0.774. The number of H-pyrrole nitrogens is 1. The van der Waals surface area contributed by atoms with Crippen LogP contribution in [0.3, 0.4) is 0 Å². The van der Waals surface area contributed by atoms with Gasteiger partial charge in [-0.05, 0) is 36.1 Å². The van der Waals surface area contributed by atoms with Crippen LogP contribution in [-0.2, 0) is 6.54 Å². The van der Waals surface area contributed by atoms with Crippen LogP contribution in [0.2, 0.25) is 5.02 Å². The lowest BCUT2D eigenvalue weighted by Gasteiger charge is -2.14. The number of thiophene rings is 1. The van der Waals surface area contributed by atoms with E-state index in [0.29, 0.717) is 22.1 Å². The molecular weight excluding hydrogens is 306 g/mol. The summed E-state index contributed by atoms with van der Waals surface area (Å²) in [4.78, 5) is 19.1. The molecule has 2 aromatic heterocycles. The zero-order chi connectivity index (χ0) is 14.8. The lowest BCUT2D eigenvalue weighted by Crippen LogP contribution is -2.21. The summed E-state index contributed by atoms with van der Waals surface area (Å²) in [6, 6.07) is 9.69. The number of nitrogens with zero attached hydrogens (tertiary/aromatic N) is 1. The van der Waals surface area contributed by atoms with Gasteiger partial charge in [0.15, 0.2) is 0 Å². The Morgan fingerprint density at radius 1 is 1.43 bits per heavy atom. The fraction of sp³-hybridized carbons (Fsp3) is 0.200. The summed E-state index contributed by atoms with van der Waals surface area (Å²) in [5.41, 5.74) is 1.76. The Morgan fingerprint density at radius 2 is 2.29 bits per heavy atom. The SMILES string of the molecule is C[C@@H](NCc1nc2ccsc2c(=O)[nH]1)c1cccc(Cl)c1. The first-order valence-corrected chi connectivity index (χ1v) is 7.84. The van der Waals surface area contributed by atoms with E-state index < -0.39 is 0 Å².